The van der Waals surface area contributed by atoms with Crippen molar-refractivity contribution in [3.8, 4) is 17.1 Å². The predicted octanol–water partition coefficient (Wildman–Crippen LogP) is 6.54. The van der Waals surface area contributed by atoms with E-state index >= 15 is 0 Å². The fourth-order valence-corrected chi connectivity index (χ4v) is 4.14. The maximum atomic E-state index is 13.2. The van der Waals surface area contributed by atoms with E-state index in [0.29, 0.717) is 27.5 Å². The Balaban J connectivity index is 1.81. The highest BCUT2D eigenvalue weighted by Gasteiger charge is 2.14. The highest BCUT2D eigenvalue weighted by Crippen LogP contribution is 2.35. The Kier molecular flexibility index (Phi) is 6.72. The molecule has 3 aromatic carbocycles. The molecule has 0 spiro atoms. The molecule has 1 atom stereocenters. The minimum absolute atomic E-state index is 0.0407. The minimum Gasteiger partial charge on any atom is -0.488 e. The second-order valence-corrected chi connectivity index (χ2v) is 8.59. The Morgan fingerprint density at radius 2 is 1.88 bits per heavy atom. The fourth-order valence-electron chi connectivity index (χ4n) is 3.18. The van der Waals surface area contributed by atoms with Crippen molar-refractivity contribution in [2.45, 2.75) is 26.4 Å². The number of halogens is 2. The van der Waals surface area contributed by atoms with Gasteiger partial charge in [-0.25, -0.2) is 4.98 Å². The lowest BCUT2D eigenvalue weighted by Crippen LogP contribution is -2.20. The summed E-state index contributed by atoms with van der Waals surface area (Å²) in [5.74, 6) is 1.06. The maximum absolute atomic E-state index is 13.2. The van der Waals surface area contributed by atoms with Crippen molar-refractivity contribution in [3.05, 3.63) is 92.1 Å². The molecular formula is C25H21BrClN3O2. The molecule has 4 aromatic rings. The van der Waals surface area contributed by atoms with Crippen LogP contribution < -0.4 is 10.3 Å². The zero-order valence-corrected chi connectivity index (χ0v) is 20.0. The van der Waals surface area contributed by atoms with Crippen LogP contribution in [0.3, 0.4) is 0 Å². The molecule has 0 unspecified atom stereocenters. The third kappa shape index (κ3) is 4.61. The van der Waals surface area contributed by atoms with Crippen LogP contribution in [0.25, 0.3) is 22.3 Å². The molecule has 0 radical (unpaired) electrons. The molecule has 0 aliphatic rings. The Bertz CT molecular complexity index is 1330. The largest absolute Gasteiger partial charge is 0.488 e. The molecule has 5 nitrogen and oxygen atoms in total. The average molecular weight is 511 g/mol. The molecule has 1 heterocycles. The standard InChI is InChI=1S/C25H21BrClN3O2/c1-3-16(2)32-23-20(26)13-17(14-21(23)27)15-28-30-24(18-9-5-4-6-10-18)29-22-12-8-7-11-19(22)25(30)31/h4-16H,3H2,1-2H3/t16-/m0/s1. The van der Waals surface area contributed by atoms with E-state index in [1.54, 1.807) is 18.3 Å². The lowest BCUT2D eigenvalue weighted by atomic mass is 10.2. The average Bonchev–Trinajstić information content (AvgIpc) is 2.81. The molecule has 4 rings (SSSR count). The first-order chi connectivity index (χ1) is 15.5. The smallest absolute Gasteiger partial charge is 0.282 e. The summed E-state index contributed by atoms with van der Waals surface area (Å²) in [6.07, 6.45) is 2.50. The van der Waals surface area contributed by atoms with Crippen molar-refractivity contribution >= 4 is 44.6 Å². The van der Waals surface area contributed by atoms with Crippen molar-refractivity contribution in [2.24, 2.45) is 5.10 Å². The zero-order valence-electron chi connectivity index (χ0n) is 17.6. The number of benzene rings is 3. The van der Waals surface area contributed by atoms with Gasteiger partial charge in [0.15, 0.2) is 11.6 Å². The van der Waals surface area contributed by atoms with Crippen molar-refractivity contribution in [1.29, 1.82) is 0 Å². The number of para-hydroxylation sites is 1. The second-order valence-electron chi connectivity index (χ2n) is 7.33. The van der Waals surface area contributed by atoms with E-state index < -0.39 is 0 Å². The number of aromatic nitrogens is 2. The lowest BCUT2D eigenvalue weighted by molar-refractivity contribution is 0.216. The maximum Gasteiger partial charge on any atom is 0.282 e. The van der Waals surface area contributed by atoms with E-state index in [4.69, 9.17) is 21.3 Å². The van der Waals surface area contributed by atoms with Gasteiger partial charge in [0.2, 0.25) is 0 Å². The van der Waals surface area contributed by atoms with Crippen LogP contribution in [0.4, 0.5) is 0 Å². The van der Waals surface area contributed by atoms with Crippen LogP contribution in [0.15, 0.2) is 81.1 Å². The van der Waals surface area contributed by atoms with Crippen LogP contribution in [0.5, 0.6) is 5.75 Å². The monoisotopic (exact) mass is 509 g/mol. The third-order valence-electron chi connectivity index (χ3n) is 5.02. The van der Waals surface area contributed by atoms with Crippen molar-refractivity contribution in [1.82, 2.24) is 9.66 Å². The van der Waals surface area contributed by atoms with E-state index in [1.165, 1.54) is 4.68 Å². The molecule has 0 bridgehead atoms. The van der Waals surface area contributed by atoms with E-state index in [1.807, 2.05) is 68.4 Å². The van der Waals surface area contributed by atoms with Gasteiger partial charge in [-0.2, -0.15) is 9.78 Å². The lowest BCUT2D eigenvalue weighted by Gasteiger charge is -2.16. The number of hydrogen-bond donors (Lipinski definition) is 0. The molecule has 0 aliphatic carbocycles. The summed E-state index contributed by atoms with van der Waals surface area (Å²) in [5.41, 5.74) is 1.90. The first-order valence-corrected chi connectivity index (χ1v) is 11.4. The molecule has 0 saturated carbocycles. The molecule has 162 valence electrons. The Morgan fingerprint density at radius 1 is 1.16 bits per heavy atom. The summed E-state index contributed by atoms with van der Waals surface area (Å²) in [7, 11) is 0. The van der Waals surface area contributed by atoms with Crippen LogP contribution in [0.1, 0.15) is 25.8 Å². The van der Waals surface area contributed by atoms with Gasteiger partial charge in [0.1, 0.15) is 0 Å². The van der Waals surface area contributed by atoms with Crippen molar-refractivity contribution < 1.29 is 4.74 Å². The summed E-state index contributed by atoms with van der Waals surface area (Å²) in [6.45, 7) is 4.04. The number of hydrogen-bond acceptors (Lipinski definition) is 4. The first-order valence-electron chi connectivity index (χ1n) is 10.2. The van der Waals surface area contributed by atoms with Crippen LogP contribution >= 0.6 is 27.5 Å². The Labute approximate surface area is 199 Å². The molecule has 7 heteroatoms. The summed E-state index contributed by atoms with van der Waals surface area (Å²) in [5, 5.41) is 5.45. The highest BCUT2D eigenvalue weighted by atomic mass is 79.9. The fraction of sp³-hybridized carbons (Fsp3) is 0.160. The molecule has 0 saturated heterocycles. The van der Waals surface area contributed by atoms with Gasteiger partial charge in [0, 0.05) is 5.56 Å². The molecule has 0 fully saturated rings. The topological polar surface area (TPSA) is 56.5 Å². The van der Waals surface area contributed by atoms with Crippen LogP contribution in [0, 0.1) is 0 Å². The van der Waals surface area contributed by atoms with Crippen LogP contribution in [-0.2, 0) is 0 Å². The normalized spacial score (nSPS) is 12.4. The summed E-state index contributed by atoms with van der Waals surface area (Å²) < 4.78 is 7.94. The van der Waals surface area contributed by atoms with Crippen molar-refractivity contribution in [3.63, 3.8) is 0 Å². The third-order valence-corrected chi connectivity index (χ3v) is 5.89. The molecule has 1 aromatic heterocycles. The Hall–Kier alpha value is -2.96. The predicted molar refractivity (Wildman–Crippen MR) is 134 cm³/mol. The van der Waals surface area contributed by atoms with E-state index in [-0.39, 0.29) is 11.7 Å². The summed E-state index contributed by atoms with van der Waals surface area (Å²) >= 11 is 9.98. The van der Waals surface area contributed by atoms with Crippen LogP contribution in [0.2, 0.25) is 5.02 Å². The summed E-state index contributed by atoms with van der Waals surface area (Å²) in [6, 6.07) is 20.4. The van der Waals surface area contributed by atoms with Gasteiger partial charge in [-0.3, -0.25) is 4.79 Å². The summed E-state index contributed by atoms with van der Waals surface area (Å²) in [4.78, 5) is 17.9. The van der Waals surface area contributed by atoms with E-state index in [2.05, 4.69) is 21.0 Å². The van der Waals surface area contributed by atoms with E-state index in [0.717, 1.165) is 22.0 Å². The van der Waals surface area contributed by atoms with Gasteiger partial charge in [-0.15, -0.1) is 0 Å². The molecule has 0 N–H and O–H groups in total. The van der Waals surface area contributed by atoms with Gasteiger partial charge in [0.05, 0.1) is 32.7 Å². The van der Waals surface area contributed by atoms with Gasteiger partial charge >= 0.3 is 0 Å². The first kappa shape index (κ1) is 22.2. The number of fused-ring (bicyclic) bond motifs is 1. The molecule has 32 heavy (non-hydrogen) atoms. The number of nitrogens with zero attached hydrogens (tertiary/aromatic N) is 3. The van der Waals surface area contributed by atoms with E-state index in [9.17, 15) is 4.79 Å². The van der Waals surface area contributed by atoms with Gasteiger partial charge in [-0.05, 0) is 59.1 Å². The quantitative estimate of drug-likeness (QED) is 0.277. The minimum atomic E-state index is -0.243. The molecule has 0 amide bonds. The second kappa shape index (κ2) is 9.67. The SMILES string of the molecule is CC[C@H](C)Oc1c(Cl)cc(C=Nn2c(-c3ccccc3)nc3ccccc3c2=O)cc1Br. The van der Waals surface area contributed by atoms with Crippen LogP contribution in [-0.4, -0.2) is 22.0 Å². The molecular weight excluding hydrogens is 490 g/mol. The van der Waals surface area contributed by atoms with Gasteiger partial charge in [-0.1, -0.05) is 61.0 Å². The zero-order chi connectivity index (χ0) is 22.7. The Morgan fingerprint density at radius 3 is 2.59 bits per heavy atom. The highest BCUT2D eigenvalue weighted by molar-refractivity contribution is 9.10. The molecule has 0 aliphatic heterocycles. The number of rotatable bonds is 6. The van der Waals surface area contributed by atoms with Crippen molar-refractivity contribution in [2.75, 3.05) is 0 Å². The number of ether oxygens (including phenoxy) is 1. The van der Waals surface area contributed by atoms with Gasteiger partial charge in [0.25, 0.3) is 5.56 Å². The van der Waals surface area contributed by atoms with Gasteiger partial charge < -0.3 is 4.74 Å².